The molecule has 0 aromatic heterocycles. The van der Waals surface area contributed by atoms with Gasteiger partial charge in [-0.2, -0.15) is 0 Å². The molecule has 0 spiro atoms. The first-order chi connectivity index (χ1) is 7.68. The molecule has 0 radical (unpaired) electrons. The molecule has 1 N–H and O–H groups in total. The highest BCUT2D eigenvalue weighted by molar-refractivity contribution is 9.10. The van der Waals surface area contributed by atoms with Crippen LogP contribution in [0.25, 0.3) is 0 Å². The minimum Gasteiger partial charge on any atom is -0.379 e. The molecule has 1 aromatic carbocycles. The molecule has 0 saturated carbocycles. The summed E-state index contributed by atoms with van der Waals surface area (Å²) < 4.78 is 19.0. The van der Waals surface area contributed by atoms with Crippen LogP contribution in [0.2, 0.25) is 0 Å². The van der Waals surface area contributed by atoms with Gasteiger partial charge in [-0.15, -0.1) is 0 Å². The molecule has 1 atom stereocenters. The monoisotopic (exact) mass is 287 g/mol. The van der Waals surface area contributed by atoms with E-state index in [2.05, 4.69) is 21.2 Å². The Kier molecular flexibility index (Phi) is 3.56. The molecule has 0 bridgehead atoms. The first-order valence-corrected chi connectivity index (χ1v) is 5.80. The van der Waals surface area contributed by atoms with E-state index in [9.17, 15) is 9.18 Å². The van der Waals surface area contributed by atoms with Gasteiger partial charge in [0, 0.05) is 6.61 Å². The summed E-state index contributed by atoms with van der Waals surface area (Å²) >= 11 is 3.05. The van der Waals surface area contributed by atoms with Crippen LogP contribution in [0.15, 0.2) is 22.7 Å². The van der Waals surface area contributed by atoms with Gasteiger partial charge in [-0.05, 0) is 34.5 Å². The van der Waals surface area contributed by atoms with E-state index in [0.717, 1.165) is 6.42 Å². The Labute approximate surface area is 101 Å². The van der Waals surface area contributed by atoms with Gasteiger partial charge in [0.25, 0.3) is 5.91 Å². The fourth-order valence-electron chi connectivity index (χ4n) is 1.59. The maximum Gasteiger partial charge on any atom is 0.254 e. The lowest BCUT2D eigenvalue weighted by molar-refractivity contribution is 0.0925. The quantitative estimate of drug-likeness (QED) is 0.905. The standard InChI is InChI=1S/C11H11BrFNO2/c12-9-3-1-2-8(10(9)13)11(15)14-7-4-5-16-6-7/h1-3,7H,4-6H2,(H,14,15). The number of halogens is 2. The average Bonchev–Trinajstić information content (AvgIpc) is 2.74. The third-order valence-corrected chi connectivity index (χ3v) is 3.07. The van der Waals surface area contributed by atoms with Crippen molar-refractivity contribution >= 4 is 21.8 Å². The smallest absolute Gasteiger partial charge is 0.254 e. The van der Waals surface area contributed by atoms with Crippen LogP contribution in [0.1, 0.15) is 16.8 Å². The van der Waals surface area contributed by atoms with Gasteiger partial charge in [0.15, 0.2) is 0 Å². The molecule has 0 aliphatic carbocycles. The van der Waals surface area contributed by atoms with Gasteiger partial charge in [-0.25, -0.2) is 4.39 Å². The zero-order chi connectivity index (χ0) is 11.5. The molecular formula is C11H11BrFNO2. The zero-order valence-corrected chi connectivity index (χ0v) is 10.1. The van der Waals surface area contributed by atoms with Crippen LogP contribution in [0.5, 0.6) is 0 Å². The summed E-state index contributed by atoms with van der Waals surface area (Å²) in [6.07, 6.45) is 0.779. The van der Waals surface area contributed by atoms with E-state index in [-0.39, 0.29) is 11.6 Å². The van der Waals surface area contributed by atoms with Gasteiger partial charge < -0.3 is 10.1 Å². The van der Waals surface area contributed by atoms with Crippen molar-refractivity contribution in [2.75, 3.05) is 13.2 Å². The second-order valence-electron chi connectivity index (χ2n) is 3.64. The number of hydrogen-bond acceptors (Lipinski definition) is 2. The molecule has 5 heteroatoms. The highest BCUT2D eigenvalue weighted by Crippen LogP contribution is 2.18. The van der Waals surface area contributed by atoms with E-state index in [1.807, 2.05) is 0 Å². The van der Waals surface area contributed by atoms with E-state index in [0.29, 0.717) is 17.7 Å². The fourth-order valence-corrected chi connectivity index (χ4v) is 1.96. The largest absolute Gasteiger partial charge is 0.379 e. The highest BCUT2D eigenvalue weighted by Gasteiger charge is 2.20. The molecule has 16 heavy (non-hydrogen) atoms. The molecule has 2 rings (SSSR count). The Hall–Kier alpha value is -0.940. The van der Waals surface area contributed by atoms with Gasteiger partial charge >= 0.3 is 0 Å². The lowest BCUT2D eigenvalue weighted by Gasteiger charge is -2.11. The molecule has 1 heterocycles. The van der Waals surface area contributed by atoms with Crippen molar-refractivity contribution in [2.45, 2.75) is 12.5 Å². The Morgan fingerprint density at radius 2 is 2.38 bits per heavy atom. The summed E-state index contributed by atoms with van der Waals surface area (Å²) in [6, 6.07) is 4.65. The van der Waals surface area contributed by atoms with Gasteiger partial charge in [0.05, 0.1) is 22.7 Å². The predicted molar refractivity (Wildman–Crippen MR) is 60.8 cm³/mol. The number of ether oxygens (including phenoxy) is 1. The van der Waals surface area contributed by atoms with Crippen molar-refractivity contribution in [1.82, 2.24) is 5.32 Å². The van der Waals surface area contributed by atoms with E-state index in [4.69, 9.17) is 4.74 Å². The second-order valence-corrected chi connectivity index (χ2v) is 4.49. The number of carbonyl (C=O) groups is 1. The van der Waals surface area contributed by atoms with Crippen LogP contribution in [0.3, 0.4) is 0 Å². The van der Waals surface area contributed by atoms with Gasteiger partial charge in [-0.3, -0.25) is 4.79 Å². The fraction of sp³-hybridized carbons (Fsp3) is 0.364. The Bertz CT molecular complexity index is 405. The SMILES string of the molecule is O=C(NC1CCOC1)c1cccc(Br)c1F. The van der Waals surface area contributed by atoms with Crippen LogP contribution in [0.4, 0.5) is 4.39 Å². The van der Waals surface area contributed by atoms with Gasteiger partial charge in [-0.1, -0.05) is 6.07 Å². The molecule has 1 unspecified atom stereocenters. The van der Waals surface area contributed by atoms with E-state index in [1.54, 1.807) is 12.1 Å². The highest BCUT2D eigenvalue weighted by atomic mass is 79.9. The van der Waals surface area contributed by atoms with Crippen molar-refractivity contribution in [3.8, 4) is 0 Å². The first kappa shape index (κ1) is 11.5. The molecule has 1 aliphatic rings. The number of hydrogen-bond donors (Lipinski definition) is 1. The molecular weight excluding hydrogens is 277 g/mol. The van der Waals surface area contributed by atoms with Gasteiger partial charge in [0.2, 0.25) is 0 Å². The summed E-state index contributed by atoms with van der Waals surface area (Å²) in [5, 5.41) is 2.74. The van der Waals surface area contributed by atoms with Crippen LogP contribution >= 0.6 is 15.9 Å². The summed E-state index contributed by atoms with van der Waals surface area (Å²) in [7, 11) is 0. The van der Waals surface area contributed by atoms with E-state index in [1.165, 1.54) is 6.07 Å². The van der Waals surface area contributed by atoms with Crippen LogP contribution in [-0.2, 0) is 4.74 Å². The number of rotatable bonds is 2. The minimum atomic E-state index is -0.529. The Morgan fingerprint density at radius 3 is 3.06 bits per heavy atom. The van der Waals surface area contributed by atoms with E-state index < -0.39 is 11.7 Å². The summed E-state index contributed by atoms with van der Waals surface area (Å²) in [5.74, 6) is -0.923. The number of benzene rings is 1. The maximum atomic E-state index is 13.6. The van der Waals surface area contributed by atoms with Crippen LogP contribution in [-0.4, -0.2) is 25.2 Å². The molecule has 86 valence electrons. The molecule has 3 nitrogen and oxygen atoms in total. The summed E-state index contributed by atoms with van der Waals surface area (Å²) in [6.45, 7) is 1.15. The van der Waals surface area contributed by atoms with Crippen molar-refractivity contribution in [3.63, 3.8) is 0 Å². The first-order valence-electron chi connectivity index (χ1n) is 5.01. The Balaban J connectivity index is 2.11. The lowest BCUT2D eigenvalue weighted by Crippen LogP contribution is -2.35. The molecule has 1 amide bonds. The van der Waals surface area contributed by atoms with Crippen LogP contribution < -0.4 is 5.32 Å². The molecule has 1 aliphatic heterocycles. The topological polar surface area (TPSA) is 38.3 Å². The maximum absolute atomic E-state index is 13.6. The number of amides is 1. The lowest BCUT2D eigenvalue weighted by atomic mass is 10.1. The van der Waals surface area contributed by atoms with E-state index >= 15 is 0 Å². The Morgan fingerprint density at radius 1 is 1.56 bits per heavy atom. The van der Waals surface area contributed by atoms with Crippen molar-refractivity contribution in [2.24, 2.45) is 0 Å². The van der Waals surface area contributed by atoms with Crippen molar-refractivity contribution in [1.29, 1.82) is 0 Å². The molecule has 1 aromatic rings. The second kappa shape index (κ2) is 4.93. The minimum absolute atomic E-state index is 0.00844. The molecule has 1 saturated heterocycles. The number of nitrogens with one attached hydrogen (secondary N) is 1. The third-order valence-electron chi connectivity index (χ3n) is 2.46. The van der Waals surface area contributed by atoms with Gasteiger partial charge in [0.1, 0.15) is 5.82 Å². The van der Waals surface area contributed by atoms with Crippen molar-refractivity contribution in [3.05, 3.63) is 34.1 Å². The van der Waals surface area contributed by atoms with Crippen molar-refractivity contribution < 1.29 is 13.9 Å². The summed E-state index contributed by atoms with van der Waals surface area (Å²) in [5.41, 5.74) is 0.0567. The predicted octanol–water partition coefficient (Wildman–Crippen LogP) is 2.11. The van der Waals surface area contributed by atoms with Crippen LogP contribution in [0, 0.1) is 5.82 Å². The third kappa shape index (κ3) is 2.41. The normalized spacial score (nSPS) is 19.8. The number of carbonyl (C=O) groups excluding carboxylic acids is 1. The summed E-state index contributed by atoms with van der Waals surface area (Å²) in [4.78, 5) is 11.7. The average molecular weight is 288 g/mol. The molecule has 1 fully saturated rings. The zero-order valence-electron chi connectivity index (χ0n) is 8.50.